The minimum Gasteiger partial charge on any atom is -1.00 e. The number of halogens is 2. The van der Waals surface area contributed by atoms with Gasteiger partial charge < -0.3 is 24.8 Å². The molecule has 0 N–H and O–H groups in total. The van der Waals surface area contributed by atoms with E-state index in [0.717, 1.165) is 33.2 Å². The maximum absolute atomic E-state index is 4.76. The van der Waals surface area contributed by atoms with Crippen LogP contribution in [-0.2, 0) is 23.3 Å². The summed E-state index contributed by atoms with van der Waals surface area (Å²) in [6.45, 7) is 13.2. The summed E-state index contributed by atoms with van der Waals surface area (Å²) in [4.78, 5) is 0. The second kappa shape index (κ2) is 18.4. The van der Waals surface area contributed by atoms with E-state index < -0.39 is 0 Å². The van der Waals surface area contributed by atoms with E-state index in [-0.39, 0.29) is 30.2 Å². The fraction of sp³-hybridized carbons (Fsp3) is 0.120. The van der Waals surface area contributed by atoms with Gasteiger partial charge in [0.1, 0.15) is 0 Å². The minimum absolute atomic E-state index is 0. The molecule has 0 bridgehead atoms. The van der Waals surface area contributed by atoms with Crippen LogP contribution in [0.15, 0.2) is 158 Å². The summed E-state index contributed by atoms with van der Waals surface area (Å²) in [5, 5.41) is 17.0. The third-order valence-electron chi connectivity index (χ3n) is 9.99. The van der Waals surface area contributed by atoms with Crippen LogP contribution in [0.3, 0.4) is 0 Å². The molecule has 0 fully saturated rings. The summed E-state index contributed by atoms with van der Waals surface area (Å²) in [7, 11) is 0. The van der Waals surface area contributed by atoms with E-state index in [1.54, 1.807) is 23.3 Å². The maximum atomic E-state index is 4.76. The zero-order valence-electron chi connectivity index (χ0n) is 33.6. The van der Waals surface area contributed by atoms with Gasteiger partial charge in [-0.15, -0.1) is 56.9 Å². The Morgan fingerprint density at radius 3 is 1.22 bits per heavy atom. The first kappa shape index (κ1) is 42.8. The predicted molar refractivity (Wildman–Crippen MR) is 236 cm³/mol. The normalized spacial score (nSPS) is 10.8. The standard InChI is InChI=1S/2C24H19N2.C2H6Si.2ClH.Zr/c2*1-16-7-9-18(10-8-16)23-14-21(13-20-11-17(2)12-22(20)23)26-15-19-5-3-4-6-24(19)25-26;1-3-2;;;/h2*3-15H,1-2H3;1-2H3;2*1H;/q2*-1;;;;+2/p-2. The average Bonchev–Trinajstić information content (AvgIpc) is 3.98. The van der Waals surface area contributed by atoms with E-state index in [0.29, 0.717) is 0 Å². The second-order valence-electron chi connectivity index (χ2n) is 15.1. The summed E-state index contributed by atoms with van der Waals surface area (Å²) in [5.41, 5.74) is 14.5. The second-order valence-corrected chi connectivity index (χ2v) is 24.4. The first-order valence-electron chi connectivity index (χ1n) is 19.1. The molecule has 0 saturated carbocycles. The molecular formula is C50H44Cl2N4SiZr-2. The Morgan fingerprint density at radius 1 is 0.500 bits per heavy atom. The van der Waals surface area contributed by atoms with Crippen molar-refractivity contribution in [1.82, 2.24) is 19.6 Å². The summed E-state index contributed by atoms with van der Waals surface area (Å²) in [6.07, 6.45) is 4.20. The van der Waals surface area contributed by atoms with Crippen molar-refractivity contribution >= 4 is 48.8 Å². The van der Waals surface area contributed by atoms with Gasteiger partial charge in [0.05, 0.1) is 11.0 Å². The fourth-order valence-electron chi connectivity index (χ4n) is 7.31. The van der Waals surface area contributed by atoms with Crippen molar-refractivity contribution in [2.75, 3.05) is 0 Å². The Kier molecular flexibility index (Phi) is 13.6. The van der Waals surface area contributed by atoms with E-state index in [1.165, 1.54) is 66.1 Å². The van der Waals surface area contributed by atoms with Crippen LogP contribution in [0.25, 0.3) is 77.0 Å². The van der Waals surface area contributed by atoms with Crippen LogP contribution >= 0.6 is 0 Å². The van der Waals surface area contributed by atoms with Crippen LogP contribution in [0.1, 0.15) is 22.3 Å². The van der Waals surface area contributed by atoms with Crippen LogP contribution < -0.4 is 24.8 Å². The first-order chi connectivity index (χ1) is 27.1. The van der Waals surface area contributed by atoms with Gasteiger partial charge in [-0.05, 0) is 49.2 Å². The van der Waals surface area contributed by atoms with Crippen molar-refractivity contribution in [3.63, 3.8) is 0 Å². The largest absolute Gasteiger partial charge is 1.00 e. The van der Waals surface area contributed by atoms with Crippen molar-refractivity contribution in [1.29, 1.82) is 0 Å². The van der Waals surface area contributed by atoms with Gasteiger partial charge in [-0.2, -0.15) is 22.3 Å². The molecule has 2 aromatic heterocycles. The minimum atomic E-state index is 0. The molecule has 8 heteroatoms. The van der Waals surface area contributed by atoms with Gasteiger partial charge in [0, 0.05) is 34.5 Å². The van der Waals surface area contributed by atoms with E-state index in [1.807, 2.05) is 21.5 Å². The van der Waals surface area contributed by atoms with Crippen molar-refractivity contribution in [3.8, 4) is 33.6 Å². The van der Waals surface area contributed by atoms with Crippen LogP contribution in [0, 0.1) is 27.7 Å². The molecule has 0 saturated heterocycles. The molecule has 58 heavy (non-hydrogen) atoms. The molecule has 4 nitrogen and oxygen atoms in total. The fourth-order valence-corrected chi connectivity index (χ4v) is 7.31. The Balaban J connectivity index is 0.000000174. The summed E-state index contributed by atoms with van der Waals surface area (Å²) < 4.78 is 3.98. The molecular weight excluding hydrogens is 847 g/mol. The van der Waals surface area contributed by atoms with Crippen LogP contribution in [0.5, 0.6) is 0 Å². The Labute approximate surface area is 368 Å². The van der Waals surface area contributed by atoms with Crippen molar-refractivity contribution < 1.29 is 48.1 Å². The molecule has 0 atom stereocenters. The number of nitrogens with zero attached hydrogens (tertiary/aromatic N) is 4. The Morgan fingerprint density at radius 2 is 0.862 bits per heavy atom. The molecule has 288 valence electrons. The molecule has 0 amide bonds. The molecule has 0 aliphatic carbocycles. The summed E-state index contributed by atoms with van der Waals surface area (Å²) in [6, 6.07) is 52.0. The number of rotatable bonds is 4. The summed E-state index contributed by atoms with van der Waals surface area (Å²) in [5.74, 6) is 0. The quantitative estimate of drug-likeness (QED) is 0.139. The average molecular weight is 891 g/mol. The Bertz CT molecular complexity index is 2740. The van der Waals surface area contributed by atoms with Crippen LogP contribution in [0.4, 0.5) is 0 Å². The molecule has 0 aliphatic heterocycles. The first-order valence-corrected chi connectivity index (χ1v) is 25.2. The van der Waals surface area contributed by atoms with Gasteiger partial charge in [-0.1, -0.05) is 121 Å². The molecule has 0 unspecified atom stereocenters. The van der Waals surface area contributed by atoms with Crippen LogP contribution in [0.2, 0.25) is 13.1 Å². The predicted octanol–water partition coefficient (Wildman–Crippen LogP) is 7.16. The van der Waals surface area contributed by atoms with E-state index >= 15 is 0 Å². The molecule has 10 aromatic rings. The smallest absolute Gasteiger partial charge is 0.0927 e. The number of fused-ring (bicyclic) bond motifs is 4. The Hall–Kier alpha value is -4.84. The number of hydrogen-bond acceptors (Lipinski definition) is 2. The van der Waals surface area contributed by atoms with E-state index in [4.69, 9.17) is 10.2 Å². The summed E-state index contributed by atoms with van der Waals surface area (Å²) >= 11 is 1.74. The van der Waals surface area contributed by atoms with Crippen LogP contribution in [-0.4, -0.2) is 25.0 Å². The van der Waals surface area contributed by atoms with E-state index in [2.05, 4.69) is 187 Å². The van der Waals surface area contributed by atoms with Gasteiger partial charge in [-0.3, -0.25) is 0 Å². The molecule has 0 spiro atoms. The topological polar surface area (TPSA) is 35.6 Å². The van der Waals surface area contributed by atoms with Gasteiger partial charge in [0.25, 0.3) is 0 Å². The van der Waals surface area contributed by atoms with E-state index in [9.17, 15) is 0 Å². The number of aryl methyl sites for hydroxylation is 4. The monoisotopic (exact) mass is 888 g/mol. The molecule has 0 aliphatic rings. The van der Waals surface area contributed by atoms with Gasteiger partial charge >= 0.3 is 41.9 Å². The van der Waals surface area contributed by atoms with Gasteiger partial charge in [0.2, 0.25) is 0 Å². The van der Waals surface area contributed by atoms with Crippen molar-refractivity contribution in [3.05, 3.63) is 180 Å². The van der Waals surface area contributed by atoms with Crippen molar-refractivity contribution in [2.24, 2.45) is 0 Å². The molecule has 2 heterocycles. The zero-order valence-corrected chi connectivity index (χ0v) is 38.5. The number of hydrogen-bond donors (Lipinski definition) is 0. The third kappa shape index (κ3) is 9.38. The number of aromatic nitrogens is 4. The zero-order chi connectivity index (χ0) is 38.9. The van der Waals surface area contributed by atoms with Crippen molar-refractivity contribution in [2.45, 2.75) is 40.8 Å². The number of benzene rings is 6. The molecule has 0 radical (unpaired) electrons. The maximum Gasteiger partial charge on any atom is 0.0927 e. The molecule has 8 aromatic carbocycles. The third-order valence-corrected chi connectivity index (χ3v) is 9.99. The SMILES string of the molecule is C[Si](C)=[Zr+2].Cc1ccc(-c2cc(-n3cc4ccccc4n3)cc3[cH-]c(C)cc23)cc1.Cc1ccc(-c2cc(-n3cc4ccccc4n3)cc3[cH-]c(C)cc23)cc1.[Cl-].[Cl-]. The molecule has 10 rings (SSSR count). The van der Waals surface area contributed by atoms with Gasteiger partial charge in [0.15, 0.2) is 0 Å². The van der Waals surface area contributed by atoms with Gasteiger partial charge in [-0.25, -0.2) is 9.36 Å².